The van der Waals surface area contributed by atoms with E-state index in [0.29, 0.717) is 5.96 Å². The Morgan fingerprint density at radius 1 is 1.31 bits per heavy atom. The standard InChI is InChI=1S/C20H28N8O/c1-13-9-22-18-17(13)19(25-12-24-18)27-7-8-28(14(2)10-27)20(23-11-21)26-15-3-5-16(29)6-4-15/h9,12,14-16,29H,3-8,10H2,1-2H3,(H,23,26)(H,22,24,25)/t14-,15?,16?/m0/s1. The first kappa shape index (κ1) is 19.5. The summed E-state index contributed by atoms with van der Waals surface area (Å²) in [6.45, 7) is 6.53. The number of hydrogen-bond acceptors (Lipinski definition) is 6. The Balaban J connectivity index is 1.51. The Morgan fingerprint density at radius 3 is 2.83 bits per heavy atom. The third kappa shape index (κ3) is 3.98. The Kier molecular flexibility index (Phi) is 5.53. The number of piperazine rings is 1. The lowest BCUT2D eigenvalue weighted by Gasteiger charge is -2.42. The third-order valence-electron chi connectivity index (χ3n) is 5.98. The molecule has 2 fully saturated rings. The minimum absolute atomic E-state index is 0.156. The molecule has 29 heavy (non-hydrogen) atoms. The molecular formula is C20H28N8O. The van der Waals surface area contributed by atoms with E-state index in [0.717, 1.165) is 67.7 Å². The Morgan fingerprint density at radius 2 is 2.10 bits per heavy atom. The molecule has 1 aliphatic carbocycles. The zero-order chi connectivity index (χ0) is 20.4. The van der Waals surface area contributed by atoms with Crippen LogP contribution in [0.15, 0.2) is 17.5 Å². The molecule has 1 aliphatic heterocycles. The Bertz CT molecular complexity index is 924. The number of fused-ring (bicyclic) bond motifs is 1. The molecule has 0 aromatic carbocycles. The Hall–Kier alpha value is -2.86. The molecule has 2 aliphatic rings. The van der Waals surface area contributed by atoms with Crippen molar-refractivity contribution in [2.45, 2.75) is 57.7 Å². The normalized spacial score (nSPS) is 25.9. The van der Waals surface area contributed by atoms with E-state index in [1.165, 1.54) is 0 Å². The van der Waals surface area contributed by atoms with Gasteiger partial charge in [0, 0.05) is 31.9 Å². The molecule has 0 spiro atoms. The van der Waals surface area contributed by atoms with Crippen LogP contribution in [0.25, 0.3) is 11.0 Å². The van der Waals surface area contributed by atoms with Crippen LogP contribution in [0.3, 0.4) is 0 Å². The first-order valence-corrected chi connectivity index (χ1v) is 10.3. The average molecular weight is 396 g/mol. The lowest BCUT2D eigenvalue weighted by atomic mass is 9.94. The van der Waals surface area contributed by atoms with E-state index < -0.39 is 0 Å². The molecule has 9 heteroatoms. The van der Waals surface area contributed by atoms with Crippen LogP contribution in [0.5, 0.6) is 0 Å². The molecule has 3 N–H and O–H groups in total. The zero-order valence-electron chi connectivity index (χ0n) is 17.0. The molecule has 0 unspecified atom stereocenters. The van der Waals surface area contributed by atoms with Crippen molar-refractivity contribution in [1.29, 1.82) is 5.26 Å². The maximum absolute atomic E-state index is 9.73. The molecule has 9 nitrogen and oxygen atoms in total. The van der Waals surface area contributed by atoms with Crippen LogP contribution < -0.4 is 10.2 Å². The minimum atomic E-state index is -0.210. The van der Waals surface area contributed by atoms with Gasteiger partial charge < -0.3 is 19.9 Å². The highest BCUT2D eigenvalue weighted by Gasteiger charge is 2.29. The van der Waals surface area contributed by atoms with Crippen LogP contribution in [0.1, 0.15) is 38.2 Å². The molecule has 1 saturated heterocycles. The number of aromatic nitrogens is 3. The molecule has 0 amide bonds. The fourth-order valence-corrected chi connectivity index (χ4v) is 4.39. The monoisotopic (exact) mass is 396 g/mol. The number of aromatic amines is 1. The van der Waals surface area contributed by atoms with Gasteiger partial charge in [0.2, 0.25) is 5.96 Å². The molecule has 2 aromatic rings. The summed E-state index contributed by atoms with van der Waals surface area (Å²) >= 11 is 0. The van der Waals surface area contributed by atoms with Crippen molar-refractivity contribution < 1.29 is 5.11 Å². The van der Waals surface area contributed by atoms with Crippen LogP contribution in [0, 0.1) is 18.4 Å². The second-order valence-electron chi connectivity index (χ2n) is 8.03. The number of nitrogens with zero attached hydrogens (tertiary/aromatic N) is 6. The van der Waals surface area contributed by atoms with Crippen molar-refractivity contribution in [2.75, 3.05) is 24.5 Å². The number of anilines is 1. The summed E-state index contributed by atoms with van der Waals surface area (Å²) in [6, 6.07) is 0.324. The number of guanidine groups is 1. The smallest absolute Gasteiger partial charge is 0.208 e. The van der Waals surface area contributed by atoms with Crippen LogP contribution in [-0.4, -0.2) is 68.7 Å². The van der Waals surface area contributed by atoms with Crippen LogP contribution in [0.4, 0.5) is 5.82 Å². The maximum Gasteiger partial charge on any atom is 0.208 e. The third-order valence-corrected chi connectivity index (χ3v) is 5.98. The summed E-state index contributed by atoms with van der Waals surface area (Å²) in [6.07, 6.45) is 8.67. The number of hydrogen-bond donors (Lipinski definition) is 3. The average Bonchev–Trinajstić information content (AvgIpc) is 3.10. The van der Waals surface area contributed by atoms with E-state index in [-0.39, 0.29) is 18.2 Å². The first-order valence-electron chi connectivity index (χ1n) is 10.3. The van der Waals surface area contributed by atoms with Gasteiger partial charge in [0.1, 0.15) is 17.8 Å². The SMILES string of the molecule is Cc1c[nH]c2ncnc(N3CCN(C(=NC4CCC(O)CC4)NC#N)[C@@H](C)C3)c12. The molecule has 2 aromatic heterocycles. The van der Waals surface area contributed by atoms with Gasteiger partial charge in [0.05, 0.1) is 17.5 Å². The molecule has 154 valence electrons. The van der Waals surface area contributed by atoms with E-state index in [1.54, 1.807) is 6.33 Å². The van der Waals surface area contributed by atoms with Crippen molar-refractivity contribution in [3.63, 3.8) is 0 Å². The molecule has 1 saturated carbocycles. The quantitative estimate of drug-likeness (QED) is 0.305. The number of aliphatic hydroxyl groups excluding tert-OH is 1. The van der Waals surface area contributed by atoms with Crippen molar-refractivity contribution in [1.82, 2.24) is 25.2 Å². The number of rotatable bonds is 2. The number of nitriles is 1. The highest BCUT2D eigenvalue weighted by atomic mass is 16.3. The molecule has 1 atom stereocenters. The zero-order valence-corrected chi connectivity index (χ0v) is 17.0. The fourth-order valence-electron chi connectivity index (χ4n) is 4.39. The van der Waals surface area contributed by atoms with Crippen molar-refractivity contribution in [3.05, 3.63) is 18.1 Å². The van der Waals surface area contributed by atoms with Gasteiger partial charge in [-0.15, -0.1) is 0 Å². The second kappa shape index (κ2) is 8.25. The van der Waals surface area contributed by atoms with Gasteiger partial charge in [0.25, 0.3) is 0 Å². The highest BCUT2D eigenvalue weighted by molar-refractivity contribution is 5.90. The van der Waals surface area contributed by atoms with Gasteiger partial charge in [0.15, 0.2) is 6.19 Å². The molecular weight excluding hydrogens is 368 g/mol. The van der Waals surface area contributed by atoms with Gasteiger partial charge in [-0.05, 0) is 45.1 Å². The predicted octanol–water partition coefficient (Wildman–Crippen LogP) is 1.51. The van der Waals surface area contributed by atoms with E-state index in [2.05, 4.69) is 43.9 Å². The Labute approximate surface area is 170 Å². The number of nitrogens with one attached hydrogen (secondary N) is 2. The topological polar surface area (TPSA) is 116 Å². The minimum Gasteiger partial charge on any atom is -0.393 e. The van der Waals surface area contributed by atoms with Crippen LogP contribution >= 0.6 is 0 Å². The predicted molar refractivity (Wildman–Crippen MR) is 111 cm³/mol. The largest absolute Gasteiger partial charge is 0.393 e. The summed E-state index contributed by atoms with van der Waals surface area (Å²) in [5.74, 6) is 1.60. The van der Waals surface area contributed by atoms with Gasteiger partial charge in [-0.2, -0.15) is 5.26 Å². The summed E-state index contributed by atoms with van der Waals surface area (Å²) in [5.41, 5.74) is 1.99. The number of H-pyrrole nitrogens is 1. The molecule has 0 bridgehead atoms. The van der Waals surface area contributed by atoms with E-state index in [9.17, 15) is 10.4 Å². The molecule has 0 radical (unpaired) electrons. The second-order valence-corrected chi connectivity index (χ2v) is 8.03. The van der Waals surface area contributed by atoms with Crippen molar-refractivity contribution >= 4 is 22.8 Å². The summed E-state index contributed by atoms with van der Waals surface area (Å²) in [4.78, 5) is 21.4. The lowest BCUT2D eigenvalue weighted by molar-refractivity contribution is 0.123. The first-order chi connectivity index (χ1) is 14.1. The summed E-state index contributed by atoms with van der Waals surface area (Å²) < 4.78 is 0. The van der Waals surface area contributed by atoms with E-state index in [4.69, 9.17) is 4.99 Å². The van der Waals surface area contributed by atoms with Gasteiger partial charge in [-0.1, -0.05) is 0 Å². The van der Waals surface area contributed by atoms with E-state index in [1.807, 2.05) is 12.4 Å². The molecule has 3 heterocycles. The fraction of sp³-hybridized carbons (Fsp3) is 0.600. The van der Waals surface area contributed by atoms with Crippen LogP contribution in [0.2, 0.25) is 0 Å². The van der Waals surface area contributed by atoms with Gasteiger partial charge in [-0.3, -0.25) is 5.32 Å². The van der Waals surface area contributed by atoms with Crippen LogP contribution in [-0.2, 0) is 0 Å². The van der Waals surface area contributed by atoms with Crippen molar-refractivity contribution in [2.24, 2.45) is 4.99 Å². The van der Waals surface area contributed by atoms with Gasteiger partial charge >= 0.3 is 0 Å². The molecule has 4 rings (SSSR count). The van der Waals surface area contributed by atoms with Crippen molar-refractivity contribution in [3.8, 4) is 6.19 Å². The lowest BCUT2D eigenvalue weighted by Crippen LogP contribution is -2.57. The summed E-state index contributed by atoms with van der Waals surface area (Å²) in [7, 11) is 0. The number of aliphatic imine (C=N–C) groups is 1. The highest BCUT2D eigenvalue weighted by Crippen LogP contribution is 2.28. The maximum atomic E-state index is 9.73. The van der Waals surface area contributed by atoms with Gasteiger partial charge in [-0.25, -0.2) is 15.0 Å². The number of aliphatic hydroxyl groups is 1. The van der Waals surface area contributed by atoms with E-state index >= 15 is 0 Å². The number of aryl methyl sites for hydroxylation is 1. The summed E-state index contributed by atoms with van der Waals surface area (Å²) in [5, 5.41) is 22.8.